The lowest BCUT2D eigenvalue weighted by molar-refractivity contribution is -0.156. The second-order valence-electron chi connectivity index (χ2n) is 5.62. The number of nitriles is 1. The molecule has 1 aromatic carbocycles. The Morgan fingerprint density at radius 3 is 2.33 bits per heavy atom. The van der Waals surface area contributed by atoms with Crippen LogP contribution >= 0.6 is 0 Å². The molecule has 0 spiro atoms. The van der Waals surface area contributed by atoms with Crippen molar-refractivity contribution in [3.63, 3.8) is 0 Å². The van der Waals surface area contributed by atoms with E-state index in [0.717, 1.165) is 18.0 Å². The number of primary amides is 1. The van der Waals surface area contributed by atoms with Crippen molar-refractivity contribution in [3.05, 3.63) is 41.0 Å². The maximum absolute atomic E-state index is 12.9. The smallest absolute Gasteiger partial charge is 0.366 e. The maximum Gasteiger partial charge on any atom is 0.394 e. The second-order valence-corrected chi connectivity index (χ2v) is 5.62. The predicted molar refractivity (Wildman–Crippen MR) is 84.0 cm³/mol. The van der Waals surface area contributed by atoms with E-state index in [9.17, 15) is 23.2 Å². The van der Waals surface area contributed by atoms with Crippen molar-refractivity contribution in [2.75, 3.05) is 0 Å². The molecule has 0 aromatic heterocycles. The second kappa shape index (κ2) is 7.36. The molecule has 0 radical (unpaired) electrons. The molecular weight excluding hydrogens is 321 g/mol. The molecular formula is C16H19F3N4O. The summed E-state index contributed by atoms with van der Waals surface area (Å²) in [5.74, 6) is 3.40. The van der Waals surface area contributed by atoms with Gasteiger partial charge in [-0.25, -0.2) is 5.84 Å². The zero-order valence-corrected chi connectivity index (χ0v) is 13.6. The Hall–Kier alpha value is -2.53. The molecule has 130 valence electrons. The zero-order valence-electron chi connectivity index (χ0n) is 13.6. The van der Waals surface area contributed by atoms with E-state index >= 15 is 0 Å². The minimum absolute atomic E-state index is 0.0167. The fourth-order valence-corrected chi connectivity index (χ4v) is 1.94. The molecule has 0 bridgehead atoms. The van der Waals surface area contributed by atoms with Gasteiger partial charge in [0.05, 0.1) is 23.2 Å². The molecule has 1 aromatic rings. The summed E-state index contributed by atoms with van der Waals surface area (Å²) in [5.41, 5.74) is 5.53. The number of hydrogen-bond acceptors (Lipinski definition) is 4. The van der Waals surface area contributed by atoms with E-state index in [1.54, 1.807) is 13.8 Å². The molecule has 0 aliphatic heterocycles. The molecule has 0 aliphatic rings. The first-order chi connectivity index (χ1) is 11.0. The van der Waals surface area contributed by atoms with Gasteiger partial charge in [0.1, 0.15) is 0 Å². The van der Waals surface area contributed by atoms with Crippen LogP contribution in [0, 0.1) is 17.2 Å². The lowest BCUT2D eigenvalue weighted by Crippen LogP contribution is -2.36. The van der Waals surface area contributed by atoms with Crippen molar-refractivity contribution < 1.29 is 18.0 Å². The van der Waals surface area contributed by atoms with Crippen LogP contribution in [0.25, 0.3) is 5.70 Å². The van der Waals surface area contributed by atoms with E-state index in [2.05, 4.69) is 0 Å². The molecule has 1 amide bonds. The Labute approximate surface area is 138 Å². The van der Waals surface area contributed by atoms with Crippen molar-refractivity contribution in [2.24, 2.45) is 17.5 Å². The minimum atomic E-state index is -4.44. The van der Waals surface area contributed by atoms with Gasteiger partial charge in [0.15, 0.2) is 0 Å². The number of halogens is 3. The van der Waals surface area contributed by atoms with Gasteiger partial charge < -0.3 is 10.7 Å². The Balaban J connectivity index is 3.54. The largest absolute Gasteiger partial charge is 0.394 e. The van der Waals surface area contributed by atoms with Crippen molar-refractivity contribution in [2.45, 2.75) is 33.0 Å². The molecule has 0 saturated heterocycles. The Bertz CT molecular complexity index is 690. The molecule has 0 saturated carbocycles. The van der Waals surface area contributed by atoms with Gasteiger partial charge in [-0.15, -0.1) is 0 Å². The number of carbonyl (C=O) groups excluding carboxylic acids is 1. The fraction of sp³-hybridized carbons (Fsp3) is 0.375. The highest BCUT2D eigenvalue weighted by Crippen LogP contribution is 2.32. The maximum atomic E-state index is 12.9. The quantitative estimate of drug-likeness (QED) is 0.636. The molecule has 1 atom stereocenters. The first kappa shape index (κ1) is 19.5. The minimum Gasteiger partial charge on any atom is -0.366 e. The molecule has 0 fully saturated rings. The average Bonchev–Trinajstić information content (AvgIpc) is 2.49. The summed E-state index contributed by atoms with van der Waals surface area (Å²) < 4.78 is 38.7. The first-order valence-corrected chi connectivity index (χ1v) is 7.15. The van der Waals surface area contributed by atoms with Crippen LogP contribution in [-0.4, -0.2) is 23.1 Å². The van der Waals surface area contributed by atoms with Gasteiger partial charge in [0.25, 0.3) is 0 Å². The number of carbonyl (C=O) groups is 1. The van der Waals surface area contributed by atoms with Crippen LogP contribution in [0.1, 0.15) is 42.3 Å². The van der Waals surface area contributed by atoms with Crippen molar-refractivity contribution in [3.8, 4) is 6.07 Å². The number of hydrogen-bond donors (Lipinski definition) is 2. The third-order valence-electron chi connectivity index (χ3n) is 3.46. The third-order valence-corrected chi connectivity index (χ3v) is 3.46. The third kappa shape index (κ3) is 4.49. The van der Waals surface area contributed by atoms with Crippen LogP contribution in [-0.2, 0) is 0 Å². The number of allylic oxidation sites excluding steroid dienone is 1. The Morgan fingerprint density at radius 1 is 1.33 bits per heavy atom. The summed E-state index contributed by atoms with van der Waals surface area (Å²) in [6.07, 6.45) is -3.48. The zero-order chi connectivity index (χ0) is 18.7. The molecule has 24 heavy (non-hydrogen) atoms. The van der Waals surface area contributed by atoms with Gasteiger partial charge in [-0.05, 0) is 32.1 Å². The summed E-state index contributed by atoms with van der Waals surface area (Å²) in [4.78, 5) is 11.2. The lowest BCUT2D eigenvalue weighted by Gasteiger charge is -2.28. The van der Waals surface area contributed by atoms with Crippen LogP contribution in [0.5, 0.6) is 0 Å². The van der Waals surface area contributed by atoms with Crippen molar-refractivity contribution >= 4 is 11.6 Å². The highest BCUT2D eigenvalue weighted by atomic mass is 19.4. The molecule has 1 rings (SSSR count). The number of nitrogens with zero attached hydrogens (tertiary/aromatic N) is 2. The molecule has 0 aliphatic carbocycles. The van der Waals surface area contributed by atoms with Gasteiger partial charge in [0, 0.05) is 17.2 Å². The molecule has 5 nitrogen and oxygen atoms in total. The summed E-state index contributed by atoms with van der Waals surface area (Å²) in [6.45, 7) is 4.41. The number of alkyl halides is 3. The number of amides is 1. The summed E-state index contributed by atoms with van der Waals surface area (Å²) in [6, 6.07) is 5.51. The predicted octanol–water partition coefficient (Wildman–Crippen LogP) is 2.78. The van der Waals surface area contributed by atoms with Crippen molar-refractivity contribution in [1.82, 2.24) is 5.01 Å². The van der Waals surface area contributed by atoms with Crippen LogP contribution in [0.15, 0.2) is 24.3 Å². The number of rotatable bonds is 5. The van der Waals surface area contributed by atoms with E-state index in [4.69, 9.17) is 11.6 Å². The normalized spacial score (nSPS) is 13.5. The van der Waals surface area contributed by atoms with Gasteiger partial charge in [-0.2, -0.15) is 18.4 Å². The van der Waals surface area contributed by atoms with E-state index in [1.807, 2.05) is 6.07 Å². The van der Waals surface area contributed by atoms with Crippen LogP contribution in [0.3, 0.4) is 0 Å². The number of nitrogens with two attached hydrogens (primary N) is 2. The van der Waals surface area contributed by atoms with Gasteiger partial charge >= 0.3 is 6.18 Å². The Kier molecular flexibility index (Phi) is 5.99. The average molecular weight is 340 g/mol. The number of hydrazine groups is 1. The molecule has 8 heteroatoms. The van der Waals surface area contributed by atoms with Crippen molar-refractivity contribution in [1.29, 1.82) is 5.26 Å². The highest BCUT2D eigenvalue weighted by Gasteiger charge is 2.35. The van der Waals surface area contributed by atoms with Crippen LogP contribution < -0.4 is 11.6 Å². The SMILES string of the molecule is CC(C)N(N)/C(=C\C(C)C(F)(F)F)c1ccc(C(N)=O)cc1C#N. The standard InChI is InChI=1S/C16H19F3N4O/c1-9(2)23(22)14(6-10(3)16(17,18)19)13-5-4-11(15(21)24)7-12(13)8-20/h4-7,9-10H,22H2,1-3H3,(H2,21,24)/b14-6-. The van der Waals surface area contributed by atoms with Gasteiger partial charge in [0.2, 0.25) is 5.91 Å². The fourth-order valence-electron chi connectivity index (χ4n) is 1.94. The van der Waals surface area contributed by atoms with Crippen LogP contribution in [0.4, 0.5) is 13.2 Å². The summed E-state index contributed by atoms with van der Waals surface area (Å²) in [7, 11) is 0. The lowest BCUT2D eigenvalue weighted by atomic mass is 9.98. The summed E-state index contributed by atoms with van der Waals surface area (Å²) >= 11 is 0. The summed E-state index contributed by atoms with van der Waals surface area (Å²) in [5, 5.41) is 10.4. The van der Waals surface area contributed by atoms with Crippen LogP contribution in [0.2, 0.25) is 0 Å². The van der Waals surface area contributed by atoms with E-state index in [-0.39, 0.29) is 28.4 Å². The highest BCUT2D eigenvalue weighted by molar-refractivity contribution is 5.93. The topological polar surface area (TPSA) is 96.1 Å². The van der Waals surface area contributed by atoms with Gasteiger partial charge in [-0.3, -0.25) is 4.79 Å². The van der Waals surface area contributed by atoms with E-state index in [1.165, 1.54) is 18.2 Å². The number of benzene rings is 1. The molecule has 1 unspecified atom stereocenters. The van der Waals surface area contributed by atoms with E-state index < -0.39 is 18.0 Å². The first-order valence-electron chi connectivity index (χ1n) is 7.15. The van der Waals surface area contributed by atoms with E-state index in [0.29, 0.717) is 0 Å². The monoisotopic (exact) mass is 340 g/mol. The van der Waals surface area contributed by atoms with Gasteiger partial charge in [-0.1, -0.05) is 13.0 Å². The Morgan fingerprint density at radius 2 is 1.92 bits per heavy atom. The molecule has 0 heterocycles. The molecule has 4 N–H and O–H groups in total.